The first kappa shape index (κ1) is 13.0. The molecule has 0 radical (unpaired) electrons. The lowest BCUT2D eigenvalue weighted by Crippen LogP contribution is -2.30. The number of nitrogens with one attached hydrogen (secondary N) is 1. The Morgan fingerprint density at radius 3 is 2.80 bits per heavy atom. The van der Waals surface area contributed by atoms with Crippen molar-refractivity contribution < 1.29 is 14.3 Å². The number of ether oxygens (including phenoxy) is 2. The Morgan fingerprint density at radius 2 is 2.05 bits per heavy atom. The van der Waals surface area contributed by atoms with Crippen molar-refractivity contribution in [3.8, 4) is 11.5 Å². The van der Waals surface area contributed by atoms with Gasteiger partial charge in [-0.2, -0.15) is 0 Å². The van der Waals surface area contributed by atoms with Crippen LogP contribution in [0.3, 0.4) is 0 Å². The maximum absolute atomic E-state index is 12.0. The van der Waals surface area contributed by atoms with Crippen LogP contribution in [0.15, 0.2) is 30.4 Å². The molecule has 0 bridgehead atoms. The highest BCUT2D eigenvalue weighted by Gasteiger charge is 2.22. The SMILES string of the molecule is NC1C=CC(C(=O)NCc2ccc3c(c2)OCCO3)C1. The highest BCUT2D eigenvalue weighted by molar-refractivity contribution is 5.81. The second-order valence-electron chi connectivity index (χ2n) is 5.09. The smallest absolute Gasteiger partial charge is 0.227 e. The van der Waals surface area contributed by atoms with E-state index in [4.69, 9.17) is 15.2 Å². The fourth-order valence-electron chi connectivity index (χ4n) is 2.44. The van der Waals surface area contributed by atoms with E-state index < -0.39 is 0 Å². The average molecular weight is 274 g/mol. The molecule has 1 amide bonds. The molecular weight excluding hydrogens is 256 g/mol. The normalized spacial score (nSPS) is 23.6. The first-order chi connectivity index (χ1) is 9.72. The fraction of sp³-hybridized carbons (Fsp3) is 0.400. The van der Waals surface area contributed by atoms with Gasteiger partial charge in [0, 0.05) is 12.6 Å². The van der Waals surface area contributed by atoms with E-state index in [9.17, 15) is 4.79 Å². The van der Waals surface area contributed by atoms with E-state index in [1.165, 1.54) is 0 Å². The van der Waals surface area contributed by atoms with E-state index in [0.717, 1.165) is 17.1 Å². The maximum Gasteiger partial charge on any atom is 0.227 e. The van der Waals surface area contributed by atoms with Gasteiger partial charge in [-0.15, -0.1) is 0 Å². The third-order valence-electron chi connectivity index (χ3n) is 3.53. The van der Waals surface area contributed by atoms with Crippen molar-refractivity contribution in [2.75, 3.05) is 13.2 Å². The van der Waals surface area contributed by atoms with Gasteiger partial charge in [0.1, 0.15) is 13.2 Å². The van der Waals surface area contributed by atoms with Gasteiger partial charge in [-0.1, -0.05) is 18.2 Å². The Balaban J connectivity index is 1.58. The summed E-state index contributed by atoms with van der Waals surface area (Å²) in [6.45, 7) is 1.62. The van der Waals surface area contributed by atoms with Crippen molar-refractivity contribution in [3.05, 3.63) is 35.9 Å². The molecule has 0 saturated carbocycles. The quantitative estimate of drug-likeness (QED) is 0.806. The van der Waals surface area contributed by atoms with Crippen LogP contribution < -0.4 is 20.5 Å². The minimum absolute atomic E-state index is 0.0000401. The molecule has 1 aromatic rings. The highest BCUT2D eigenvalue weighted by atomic mass is 16.6. The number of carbonyl (C=O) groups excluding carboxylic acids is 1. The van der Waals surface area contributed by atoms with Gasteiger partial charge in [0.2, 0.25) is 5.91 Å². The van der Waals surface area contributed by atoms with Crippen LogP contribution in [0.25, 0.3) is 0 Å². The topological polar surface area (TPSA) is 73.6 Å². The molecular formula is C15H18N2O3. The molecule has 5 heteroatoms. The van der Waals surface area contributed by atoms with Crippen LogP contribution in [-0.4, -0.2) is 25.2 Å². The zero-order chi connectivity index (χ0) is 13.9. The van der Waals surface area contributed by atoms with Crippen LogP contribution in [0.2, 0.25) is 0 Å². The Hall–Kier alpha value is -2.01. The van der Waals surface area contributed by atoms with Crippen molar-refractivity contribution in [2.45, 2.75) is 19.0 Å². The molecule has 20 heavy (non-hydrogen) atoms. The van der Waals surface area contributed by atoms with Crippen molar-refractivity contribution in [3.63, 3.8) is 0 Å². The van der Waals surface area contributed by atoms with Crippen molar-refractivity contribution >= 4 is 5.91 Å². The lowest BCUT2D eigenvalue weighted by atomic mass is 10.1. The Kier molecular flexibility index (Phi) is 3.60. The van der Waals surface area contributed by atoms with Crippen LogP contribution in [0, 0.1) is 5.92 Å². The summed E-state index contributed by atoms with van der Waals surface area (Å²) in [6.07, 6.45) is 4.45. The monoisotopic (exact) mass is 274 g/mol. The average Bonchev–Trinajstić information content (AvgIpc) is 2.91. The zero-order valence-electron chi connectivity index (χ0n) is 11.2. The summed E-state index contributed by atoms with van der Waals surface area (Å²) < 4.78 is 11.0. The molecule has 1 aliphatic carbocycles. The molecule has 5 nitrogen and oxygen atoms in total. The third kappa shape index (κ3) is 2.77. The van der Waals surface area contributed by atoms with E-state index in [1.807, 2.05) is 30.4 Å². The maximum atomic E-state index is 12.0. The van der Waals surface area contributed by atoms with Gasteiger partial charge in [0.25, 0.3) is 0 Å². The van der Waals surface area contributed by atoms with Crippen molar-refractivity contribution in [2.24, 2.45) is 11.7 Å². The molecule has 0 fully saturated rings. The second-order valence-corrected chi connectivity index (χ2v) is 5.09. The predicted molar refractivity (Wildman–Crippen MR) is 74.5 cm³/mol. The van der Waals surface area contributed by atoms with Gasteiger partial charge in [-0.05, 0) is 24.1 Å². The summed E-state index contributed by atoms with van der Waals surface area (Å²) >= 11 is 0. The highest BCUT2D eigenvalue weighted by Crippen LogP contribution is 2.30. The Bertz CT molecular complexity index is 542. The molecule has 0 aromatic heterocycles. The van der Waals surface area contributed by atoms with E-state index >= 15 is 0 Å². The van der Waals surface area contributed by atoms with Crippen molar-refractivity contribution in [1.29, 1.82) is 0 Å². The number of nitrogens with two attached hydrogens (primary N) is 1. The first-order valence-electron chi connectivity index (χ1n) is 6.82. The summed E-state index contributed by atoms with van der Waals surface area (Å²) in [4.78, 5) is 12.0. The molecule has 106 valence electrons. The minimum Gasteiger partial charge on any atom is -0.486 e. The van der Waals surface area contributed by atoms with E-state index in [1.54, 1.807) is 0 Å². The van der Waals surface area contributed by atoms with Crippen LogP contribution in [-0.2, 0) is 11.3 Å². The van der Waals surface area contributed by atoms with Crippen LogP contribution in [0.1, 0.15) is 12.0 Å². The number of hydrogen-bond donors (Lipinski definition) is 2. The van der Waals surface area contributed by atoms with E-state index in [-0.39, 0.29) is 17.9 Å². The summed E-state index contributed by atoms with van der Waals surface area (Å²) in [5.41, 5.74) is 6.74. The summed E-state index contributed by atoms with van der Waals surface area (Å²) in [5.74, 6) is 1.41. The fourth-order valence-corrected chi connectivity index (χ4v) is 2.44. The number of rotatable bonds is 3. The van der Waals surface area contributed by atoms with Gasteiger partial charge in [-0.3, -0.25) is 4.79 Å². The van der Waals surface area contributed by atoms with Gasteiger partial charge in [0.15, 0.2) is 11.5 Å². The molecule has 2 aliphatic rings. The number of amides is 1. The number of benzene rings is 1. The molecule has 1 aromatic carbocycles. The Labute approximate surface area is 117 Å². The largest absolute Gasteiger partial charge is 0.486 e. The summed E-state index contributed by atoms with van der Waals surface area (Å²) in [5, 5.41) is 2.93. The van der Waals surface area contributed by atoms with Gasteiger partial charge in [0.05, 0.1) is 5.92 Å². The molecule has 2 atom stereocenters. The number of fused-ring (bicyclic) bond motifs is 1. The lowest BCUT2D eigenvalue weighted by molar-refractivity contribution is -0.123. The number of hydrogen-bond acceptors (Lipinski definition) is 4. The van der Waals surface area contributed by atoms with E-state index in [0.29, 0.717) is 26.2 Å². The van der Waals surface area contributed by atoms with Gasteiger partial charge in [-0.25, -0.2) is 0 Å². The van der Waals surface area contributed by atoms with Crippen LogP contribution in [0.4, 0.5) is 0 Å². The standard InChI is InChI=1S/C15H18N2O3/c16-12-3-2-11(8-12)15(18)17-9-10-1-4-13-14(7-10)20-6-5-19-13/h1-4,7,11-12H,5-6,8-9,16H2,(H,17,18). The molecule has 1 heterocycles. The molecule has 2 unspecified atom stereocenters. The molecule has 1 aliphatic heterocycles. The zero-order valence-corrected chi connectivity index (χ0v) is 11.2. The van der Waals surface area contributed by atoms with Crippen LogP contribution >= 0.6 is 0 Å². The van der Waals surface area contributed by atoms with Gasteiger partial charge >= 0.3 is 0 Å². The first-order valence-corrected chi connectivity index (χ1v) is 6.82. The van der Waals surface area contributed by atoms with Gasteiger partial charge < -0.3 is 20.5 Å². The summed E-state index contributed by atoms with van der Waals surface area (Å²) in [6, 6.07) is 5.72. The van der Waals surface area contributed by atoms with E-state index in [2.05, 4.69) is 5.32 Å². The lowest BCUT2D eigenvalue weighted by Gasteiger charge is -2.19. The summed E-state index contributed by atoms with van der Waals surface area (Å²) in [7, 11) is 0. The molecule has 3 N–H and O–H groups in total. The van der Waals surface area contributed by atoms with Crippen LogP contribution in [0.5, 0.6) is 11.5 Å². The predicted octanol–water partition coefficient (Wildman–Crippen LogP) is 0.977. The minimum atomic E-state index is -0.109. The second kappa shape index (κ2) is 5.54. The third-order valence-corrected chi connectivity index (χ3v) is 3.53. The Morgan fingerprint density at radius 1 is 1.25 bits per heavy atom. The molecule has 3 rings (SSSR count). The molecule has 0 spiro atoms. The van der Waals surface area contributed by atoms with Crippen molar-refractivity contribution in [1.82, 2.24) is 5.32 Å². The number of carbonyl (C=O) groups is 1. The molecule has 0 saturated heterocycles.